The molecule has 5 nitrogen and oxygen atoms in total. The SMILES string of the molecule is CC1CC2CC3(C1)CC3(C(=O)ON(N)C=N)C2. The van der Waals surface area contributed by atoms with Gasteiger partial charge in [-0.1, -0.05) is 6.92 Å². The molecule has 0 aliphatic heterocycles. The van der Waals surface area contributed by atoms with Crippen LogP contribution in [0.5, 0.6) is 0 Å². The Hall–Kier alpha value is -1.10. The van der Waals surface area contributed by atoms with Crippen molar-refractivity contribution in [3.63, 3.8) is 0 Å². The molecule has 17 heavy (non-hydrogen) atoms. The number of nitrogens with zero attached hydrogens (tertiary/aromatic N) is 1. The predicted octanol–water partition coefficient (Wildman–Crippen LogP) is 1.44. The summed E-state index contributed by atoms with van der Waals surface area (Å²) < 4.78 is 0. The monoisotopic (exact) mass is 237 g/mol. The molecular formula is C12H19N3O2. The van der Waals surface area contributed by atoms with E-state index in [1.165, 1.54) is 12.8 Å². The fourth-order valence-electron chi connectivity index (χ4n) is 4.63. The van der Waals surface area contributed by atoms with Crippen molar-refractivity contribution in [2.24, 2.45) is 28.5 Å². The van der Waals surface area contributed by atoms with Crippen molar-refractivity contribution in [1.29, 1.82) is 5.41 Å². The highest BCUT2D eigenvalue weighted by Gasteiger charge is 2.78. The smallest absolute Gasteiger partial charge is 0.324 e. The first-order valence-corrected chi connectivity index (χ1v) is 6.28. The van der Waals surface area contributed by atoms with Crippen LogP contribution in [0.1, 0.15) is 39.0 Å². The average Bonchev–Trinajstić information content (AvgIpc) is 2.76. The number of nitrogens with one attached hydrogen (secondary N) is 1. The maximum atomic E-state index is 12.2. The lowest BCUT2D eigenvalue weighted by molar-refractivity contribution is -0.181. The molecule has 5 heteroatoms. The van der Waals surface area contributed by atoms with Gasteiger partial charge in [-0.2, -0.15) is 0 Å². The normalized spacial score (nSPS) is 46.0. The molecule has 0 amide bonds. The Balaban J connectivity index is 1.77. The largest absolute Gasteiger partial charge is 0.341 e. The highest BCUT2D eigenvalue weighted by atomic mass is 16.7. The van der Waals surface area contributed by atoms with Crippen LogP contribution >= 0.6 is 0 Å². The molecule has 3 rings (SSSR count). The topological polar surface area (TPSA) is 79.4 Å². The van der Waals surface area contributed by atoms with Gasteiger partial charge in [0.25, 0.3) is 0 Å². The number of hydroxylamine groups is 1. The van der Waals surface area contributed by atoms with E-state index in [0.717, 1.165) is 31.5 Å². The molecule has 1 spiro atoms. The summed E-state index contributed by atoms with van der Waals surface area (Å²) >= 11 is 0. The second-order valence-corrected chi connectivity index (χ2v) is 6.23. The lowest BCUT2D eigenvalue weighted by atomic mass is 9.77. The van der Waals surface area contributed by atoms with Crippen molar-refractivity contribution in [2.75, 3.05) is 0 Å². The number of rotatable bonds is 3. The Kier molecular flexibility index (Phi) is 2.09. The van der Waals surface area contributed by atoms with E-state index in [0.29, 0.717) is 11.1 Å². The standard InChI is InChI=1S/C12H19N3O2/c1-8-2-9-4-11(3-8)6-12(11,5-9)10(16)17-15(14)7-13/h7-9,13H,2-6,14H2,1H3. The Labute approximate surface area is 101 Å². The van der Waals surface area contributed by atoms with Gasteiger partial charge in [0.05, 0.1) is 5.41 Å². The molecule has 0 radical (unpaired) electrons. The first-order chi connectivity index (χ1) is 8.01. The fourth-order valence-corrected chi connectivity index (χ4v) is 4.63. The molecule has 4 unspecified atom stereocenters. The molecule has 4 atom stereocenters. The summed E-state index contributed by atoms with van der Waals surface area (Å²) in [6.07, 6.45) is 6.31. The van der Waals surface area contributed by atoms with Crippen LogP contribution in [0, 0.1) is 28.1 Å². The molecule has 0 aromatic rings. The van der Waals surface area contributed by atoms with Gasteiger partial charge in [0.2, 0.25) is 0 Å². The summed E-state index contributed by atoms with van der Waals surface area (Å²) in [5, 5.41) is 7.63. The number of carbonyl (C=O) groups is 1. The van der Waals surface area contributed by atoms with Crippen LogP contribution in [0.2, 0.25) is 0 Å². The molecule has 0 heterocycles. The molecule has 2 bridgehead atoms. The summed E-state index contributed by atoms with van der Waals surface area (Å²) in [5.74, 6) is 6.52. The van der Waals surface area contributed by atoms with Gasteiger partial charge >= 0.3 is 5.97 Å². The summed E-state index contributed by atoms with van der Waals surface area (Å²) in [6.45, 7) is 2.28. The molecule has 0 aromatic heterocycles. The second kappa shape index (κ2) is 3.22. The first kappa shape index (κ1) is 11.0. The quantitative estimate of drug-likeness (QED) is 0.337. The lowest BCUT2D eigenvalue weighted by Crippen LogP contribution is -2.36. The summed E-state index contributed by atoms with van der Waals surface area (Å²) in [7, 11) is 0. The lowest BCUT2D eigenvalue weighted by Gasteiger charge is -2.28. The van der Waals surface area contributed by atoms with Gasteiger partial charge in [0.15, 0.2) is 0 Å². The molecule has 3 fully saturated rings. The van der Waals surface area contributed by atoms with Crippen LogP contribution < -0.4 is 5.84 Å². The van der Waals surface area contributed by atoms with E-state index in [9.17, 15) is 4.79 Å². The number of fused-ring (bicyclic) bond motifs is 1. The van der Waals surface area contributed by atoms with Crippen molar-refractivity contribution in [3.8, 4) is 0 Å². The van der Waals surface area contributed by atoms with E-state index >= 15 is 0 Å². The van der Waals surface area contributed by atoms with Crippen LogP contribution in [0.4, 0.5) is 0 Å². The summed E-state index contributed by atoms with van der Waals surface area (Å²) in [5.41, 5.74) is -0.0711. The van der Waals surface area contributed by atoms with E-state index in [1.54, 1.807) is 0 Å². The van der Waals surface area contributed by atoms with Gasteiger partial charge in [0, 0.05) is 0 Å². The number of carbonyl (C=O) groups excluding carboxylic acids is 1. The Bertz CT molecular complexity index is 386. The minimum atomic E-state index is -0.275. The molecule has 0 saturated heterocycles. The maximum absolute atomic E-state index is 12.2. The Morgan fingerprint density at radius 1 is 1.53 bits per heavy atom. The van der Waals surface area contributed by atoms with Crippen molar-refractivity contribution in [3.05, 3.63) is 0 Å². The highest BCUT2D eigenvalue weighted by Crippen LogP contribution is 2.80. The van der Waals surface area contributed by atoms with E-state index in [-0.39, 0.29) is 16.8 Å². The molecule has 3 N–H and O–H groups in total. The highest BCUT2D eigenvalue weighted by molar-refractivity contribution is 5.83. The van der Waals surface area contributed by atoms with Crippen LogP contribution in [0.25, 0.3) is 0 Å². The summed E-state index contributed by atoms with van der Waals surface area (Å²) in [6, 6.07) is 0. The zero-order chi connectivity index (χ0) is 12.3. The average molecular weight is 237 g/mol. The van der Waals surface area contributed by atoms with Crippen molar-refractivity contribution < 1.29 is 9.63 Å². The number of nitrogens with two attached hydrogens (primary N) is 1. The Morgan fingerprint density at radius 3 is 3.00 bits per heavy atom. The third-order valence-electron chi connectivity index (χ3n) is 5.03. The van der Waals surface area contributed by atoms with Gasteiger partial charge in [-0.3, -0.25) is 5.41 Å². The van der Waals surface area contributed by atoms with Gasteiger partial charge in [-0.15, -0.1) is 5.17 Å². The van der Waals surface area contributed by atoms with Crippen molar-refractivity contribution in [2.45, 2.75) is 39.0 Å². The van der Waals surface area contributed by atoms with Crippen LogP contribution in [-0.4, -0.2) is 17.5 Å². The van der Waals surface area contributed by atoms with Crippen molar-refractivity contribution >= 4 is 12.3 Å². The maximum Gasteiger partial charge on any atom is 0.341 e. The zero-order valence-corrected chi connectivity index (χ0v) is 10.1. The molecule has 0 aromatic carbocycles. The van der Waals surface area contributed by atoms with E-state index in [4.69, 9.17) is 16.1 Å². The predicted molar refractivity (Wildman–Crippen MR) is 61.5 cm³/mol. The first-order valence-electron chi connectivity index (χ1n) is 6.28. The molecular weight excluding hydrogens is 218 g/mol. The fraction of sp³-hybridized carbons (Fsp3) is 0.833. The molecule has 3 aliphatic rings. The summed E-state index contributed by atoms with van der Waals surface area (Å²) in [4.78, 5) is 17.2. The van der Waals surface area contributed by atoms with Gasteiger partial charge in [0.1, 0.15) is 6.34 Å². The molecule has 3 aliphatic carbocycles. The van der Waals surface area contributed by atoms with Crippen LogP contribution in [-0.2, 0) is 9.63 Å². The van der Waals surface area contributed by atoms with Crippen molar-refractivity contribution in [1.82, 2.24) is 5.17 Å². The van der Waals surface area contributed by atoms with Crippen LogP contribution in [0.15, 0.2) is 0 Å². The minimum absolute atomic E-state index is 0.204. The van der Waals surface area contributed by atoms with Gasteiger partial charge in [-0.25, -0.2) is 10.6 Å². The number of hydrogen-bond acceptors (Lipinski definition) is 4. The van der Waals surface area contributed by atoms with Gasteiger partial charge < -0.3 is 4.84 Å². The second-order valence-electron chi connectivity index (χ2n) is 6.23. The third-order valence-corrected chi connectivity index (χ3v) is 5.03. The number of hydrazine groups is 1. The third kappa shape index (κ3) is 1.35. The Morgan fingerprint density at radius 2 is 2.29 bits per heavy atom. The zero-order valence-electron chi connectivity index (χ0n) is 10.1. The number of hydrogen-bond donors (Lipinski definition) is 2. The molecule has 94 valence electrons. The van der Waals surface area contributed by atoms with E-state index in [1.807, 2.05) is 0 Å². The van der Waals surface area contributed by atoms with E-state index < -0.39 is 0 Å². The van der Waals surface area contributed by atoms with Crippen LogP contribution in [0.3, 0.4) is 0 Å². The van der Waals surface area contributed by atoms with Gasteiger partial charge in [-0.05, 0) is 49.4 Å². The minimum Gasteiger partial charge on any atom is -0.324 e. The molecule has 3 saturated carbocycles. The van der Waals surface area contributed by atoms with E-state index in [2.05, 4.69) is 6.92 Å².